The molecule has 120 valence electrons. The molecule has 0 atom stereocenters. The van der Waals surface area contributed by atoms with Gasteiger partial charge in [-0.1, -0.05) is 18.1 Å². The maximum absolute atomic E-state index is 13.4. The molecule has 0 aliphatic carbocycles. The molecule has 0 aliphatic heterocycles. The highest BCUT2D eigenvalue weighted by molar-refractivity contribution is 9.10. The molecule has 0 unspecified atom stereocenters. The third kappa shape index (κ3) is 4.16. The van der Waals surface area contributed by atoms with Gasteiger partial charge in [0, 0.05) is 0 Å². The Labute approximate surface area is 148 Å². The summed E-state index contributed by atoms with van der Waals surface area (Å²) >= 11 is 3.40. The summed E-state index contributed by atoms with van der Waals surface area (Å²) in [6.07, 6.45) is 6.85. The van der Waals surface area contributed by atoms with Crippen LogP contribution in [0.15, 0.2) is 40.9 Å². The SMILES string of the molecule is C#CCOc1c(Br)cc(/C=C(\C#N)c2cccc(F)c2)cc1OC. The molecule has 0 N–H and O–H groups in total. The first-order valence-corrected chi connectivity index (χ1v) is 7.70. The molecule has 0 aliphatic rings. The number of benzene rings is 2. The van der Waals surface area contributed by atoms with Gasteiger partial charge in [-0.3, -0.25) is 0 Å². The summed E-state index contributed by atoms with van der Waals surface area (Å²) in [6.45, 7) is 0.108. The molecule has 0 saturated carbocycles. The van der Waals surface area contributed by atoms with Crippen molar-refractivity contribution < 1.29 is 13.9 Å². The van der Waals surface area contributed by atoms with Gasteiger partial charge in [0.05, 0.1) is 23.2 Å². The zero-order chi connectivity index (χ0) is 17.5. The second kappa shape index (κ2) is 8.19. The standard InChI is InChI=1S/C19H13BrFNO2/c1-3-7-24-19-17(20)9-13(10-18(19)23-2)8-15(12-22)14-5-4-6-16(21)11-14/h1,4-6,8-11H,7H2,2H3/b15-8+. The number of rotatable bonds is 5. The van der Waals surface area contributed by atoms with E-state index in [0.29, 0.717) is 32.7 Å². The summed E-state index contributed by atoms with van der Waals surface area (Å²) in [4.78, 5) is 0. The lowest BCUT2D eigenvalue weighted by Crippen LogP contribution is -1.98. The zero-order valence-corrected chi connectivity index (χ0v) is 14.4. The molecular weight excluding hydrogens is 373 g/mol. The van der Waals surface area contributed by atoms with Crippen LogP contribution in [-0.4, -0.2) is 13.7 Å². The minimum atomic E-state index is -0.398. The minimum Gasteiger partial charge on any atom is -0.493 e. The summed E-state index contributed by atoms with van der Waals surface area (Å²) in [7, 11) is 1.51. The van der Waals surface area contributed by atoms with Crippen LogP contribution in [0.2, 0.25) is 0 Å². The van der Waals surface area contributed by atoms with E-state index in [1.54, 1.807) is 30.3 Å². The van der Waals surface area contributed by atoms with Crippen LogP contribution in [0.5, 0.6) is 11.5 Å². The van der Waals surface area contributed by atoms with E-state index in [4.69, 9.17) is 15.9 Å². The quantitative estimate of drug-likeness (QED) is 0.426. The molecule has 0 radical (unpaired) electrons. The number of hydrogen-bond acceptors (Lipinski definition) is 3. The number of halogens is 2. The molecule has 0 aromatic heterocycles. The average molecular weight is 386 g/mol. The van der Waals surface area contributed by atoms with Gasteiger partial charge in [0.15, 0.2) is 11.5 Å². The maximum Gasteiger partial charge on any atom is 0.176 e. The lowest BCUT2D eigenvalue weighted by molar-refractivity contribution is 0.329. The Morgan fingerprint density at radius 1 is 1.38 bits per heavy atom. The fourth-order valence-electron chi connectivity index (χ4n) is 2.08. The second-order valence-electron chi connectivity index (χ2n) is 4.71. The fraction of sp³-hybridized carbons (Fsp3) is 0.105. The second-order valence-corrected chi connectivity index (χ2v) is 5.56. The van der Waals surface area contributed by atoms with E-state index in [1.165, 1.54) is 19.2 Å². The van der Waals surface area contributed by atoms with Crippen molar-refractivity contribution in [3.05, 3.63) is 57.8 Å². The van der Waals surface area contributed by atoms with Crippen molar-refractivity contribution in [1.82, 2.24) is 0 Å². The van der Waals surface area contributed by atoms with Crippen LogP contribution in [-0.2, 0) is 0 Å². The van der Waals surface area contributed by atoms with Crippen molar-refractivity contribution in [2.24, 2.45) is 0 Å². The normalized spacial score (nSPS) is 10.6. The van der Waals surface area contributed by atoms with Gasteiger partial charge in [-0.05, 0) is 57.4 Å². The predicted molar refractivity (Wildman–Crippen MR) is 94.9 cm³/mol. The third-order valence-corrected chi connectivity index (χ3v) is 3.71. The lowest BCUT2D eigenvalue weighted by Gasteiger charge is -2.12. The summed E-state index contributed by atoms with van der Waals surface area (Å²) < 4.78 is 24.8. The Balaban J connectivity index is 2.46. The Kier molecular flexibility index (Phi) is 6.01. The van der Waals surface area contributed by atoms with Gasteiger partial charge in [-0.15, -0.1) is 6.42 Å². The van der Waals surface area contributed by atoms with Crippen molar-refractivity contribution in [2.75, 3.05) is 13.7 Å². The highest BCUT2D eigenvalue weighted by atomic mass is 79.9. The molecule has 0 bridgehead atoms. The summed E-state index contributed by atoms with van der Waals surface area (Å²) in [6, 6.07) is 11.4. The van der Waals surface area contributed by atoms with Gasteiger partial charge in [0.25, 0.3) is 0 Å². The highest BCUT2D eigenvalue weighted by Crippen LogP contribution is 2.37. The maximum atomic E-state index is 13.4. The highest BCUT2D eigenvalue weighted by Gasteiger charge is 2.12. The number of terminal acetylenes is 1. The van der Waals surface area contributed by atoms with E-state index in [9.17, 15) is 9.65 Å². The number of hydrogen-bond donors (Lipinski definition) is 0. The molecule has 2 rings (SSSR count). The van der Waals surface area contributed by atoms with Crippen molar-refractivity contribution in [3.8, 4) is 29.9 Å². The van der Waals surface area contributed by atoms with E-state index in [0.717, 1.165) is 0 Å². The Morgan fingerprint density at radius 3 is 2.79 bits per heavy atom. The van der Waals surface area contributed by atoms with Crippen molar-refractivity contribution in [1.29, 1.82) is 5.26 Å². The topological polar surface area (TPSA) is 42.2 Å². The fourth-order valence-corrected chi connectivity index (χ4v) is 2.65. The molecule has 5 heteroatoms. The smallest absolute Gasteiger partial charge is 0.176 e. The first-order chi connectivity index (χ1) is 11.6. The third-order valence-electron chi connectivity index (χ3n) is 3.12. The largest absolute Gasteiger partial charge is 0.493 e. The summed E-state index contributed by atoms with van der Waals surface area (Å²) in [5, 5.41) is 9.37. The number of nitriles is 1. The van der Waals surface area contributed by atoms with Crippen LogP contribution in [0.1, 0.15) is 11.1 Å². The van der Waals surface area contributed by atoms with Crippen LogP contribution in [0.4, 0.5) is 4.39 Å². The number of methoxy groups -OCH3 is 1. The first kappa shape index (κ1) is 17.6. The molecule has 0 fully saturated rings. The lowest BCUT2D eigenvalue weighted by atomic mass is 10.0. The number of allylic oxidation sites excluding steroid dienone is 1. The molecule has 0 amide bonds. The first-order valence-electron chi connectivity index (χ1n) is 6.90. The molecular formula is C19H13BrFNO2. The number of ether oxygens (including phenoxy) is 2. The average Bonchev–Trinajstić information content (AvgIpc) is 2.58. The Bertz CT molecular complexity index is 863. The van der Waals surface area contributed by atoms with Crippen LogP contribution in [0.3, 0.4) is 0 Å². The van der Waals surface area contributed by atoms with E-state index >= 15 is 0 Å². The van der Waals surface area contributed by atoms with Gasteiger partial charge in [-0.2, -0.15) is 5.26 Å². The van der Waals surface area contributed by atoms with E-state index in [-0.39, 0.29) is 6.61 Å². The molecule has 2 aromatic rings. The van der Waals surface area contributed by atoms with Crippen LogP contribution in [0, 0.1) is 29.5 Å². The van der Waals surface area contributed by atoms with Crippen molar-refractivity contribution in [3.63, 3.8) is 0 Å². The van der Waals surface area contributed by atoms with E-state index < -0.39 is 5.82 Å². The van der Waals surface area contributed by atoms with Crippen LogP contribution >= 0.6 is 15.9 Å². The Hall–Kier alpha value is -2.76. The molecule has 3 nitrogen and oxygen atoms in total. The zero-order valence-electron chi connectivity index (χ0n) is 12.8. The predicted octanol–water partition coefficient (Wildman–Crippen LogP) is 4.67. The van der Waals surface area contributed by atoms with Crippen LogP contribution in [0.25, 0.3) is 11.6 Å². The monoisotopic (exact) mass is 385 g/mol. The molecule has 24 heavy (non-hydrogen) atoms. The summed E-state index contributed by atoms with van der Waals surface area (Å²) in [5.74, 6) is 2.95. The van der Waals surface area contributed by atoms with Gasteiger partial charge in [0.1, 0.15) is 12.4 Å². The summed E-state index contributed by atoms with van der Waals surface area (Å²) in [5.41, 5.74) is 1.54. The van der Waals surface area contributed by atoms with E-state index in [1.807, 2.05) is 0 Å². The molecule has 0 spiro atoms. The molecule has 0 saturated heterocycles. The number of nitrogens with zero attached hydrogens (tertiary/aromatic N) is 1. The molecule has 2 aromatic carbocycles. The van der Waals surface area contributed by atoms with E-state index in [2.05, 4.69) is 27.9 Å². The van der Waals surface area contributed by atoms with Crippen molar-refractivity contribution >= 4 is 27.6 Å². The van der Waals surface area contributed by atoms with Gasteiger partial charge >= 0.3 is 0 Å². The van der Waals surface area contributed by atoms with Gasteiger partial charge < -0.3 is 9.47 Å². The minimum absolute atomic E-state index is 0.108. The van der Waals surface area contributed by atoms with Crippen LogP contribution < -0.4 is 9.47 Å². The van der Waals surface area contributed by atoms with Gasteiger partial charge in [0.2, 0.25) is 0 Å². The molecule has 0 heterocycles. The Morgan fingerprint density at radius 2 is 2.17 bits per heavy atom. The van der Waals surface area contributed by atoms with Gasteiger partial charge in [-0.25, -0.2) is 4.39 Å². The van der Waals surface area contributed by atoms with Crippen molar-refractivity contribution in [2.45, 2.75) is 0 Å².